The minimum Gasteiger partial charge on any atom is -0.343 e. The number of hydrogen-bond donors (Lipinski definition) is 0. The summed E-state index contributed by atoms with van der Waals surface area (Å²) in [5.41, 5.74) is 0. The zero-order chi connectivity index (χ0) is 16.9. The summed E-state index contributed by atoms with van der Waals surface area (Å²) in [7, 11) is 0. The summed E-state index contributed by atoms with van der Waals surface area (Å²) >= 11 is 0. The van der Waals surface area contributed by atoms with Gasteiger partial charge in [-0.1, -0.05) is 6.92 Å². The van der Waals surface area contributed by atoms with Gasteiger partial charge in [0.25, 0.3) is 5.92 Å². The Labute approximate surface area is 114 Å². The number of halogens is 9. The highest BCUT2D eigenvalue weighted by molar-refractivity contribution is 4.77. The predicted octanol–water partition coefficient (Wildman–Crippen LogP) is 4.24. The van der Waals surface area contributed by atoms with Gasteiger partial charge in [-0.25, -0.2) is 13.2 Å². The first kappa shape index (κ1) is 20.3. The van der Waals surface area contributed by atoms with Crippen molar-refractivity contribution in [2.24, 2.45) is 0 Å². The van der Waals surface area contributed by atoms with Gasteiger partial charge in [-0.2, -0.15) is 26.3 Å². The van der Waals surface area contributed by atoms with Crippen LogP contribution >= 0.6 is 0 Å². The quantitative estimate of drug-likeness (QED) is 0.487. The van der Waals surface area contributed by atoms with Gasteiger partial charge in [-0.3, -0.25) is 0 Å². The highest BCUT2D eigenvalue weighted by Gasteiger charge is 2.48. The summed E-state index contributed by atoms with van der Waals surface area (Å²) in [6.45, 7) is -2.77. The topological polar surface area (TPSA) is 18.5 Å². The second-order valence-corrected chi connectivity index (χ2v) is 4.11. The molecule has 128 valence electrons. The number of hydrogen-bond acceptors (Lipinski definition) is 2. The fourth-order valence-corrected chi connectivity index (χ4v) is 1.24. The smallest absolute Gasteiger partial charge is 0.343 e. The van der Waals surface area contributed by atoms with E-state index in [4.69, 9.17) is 0 Å². The van der Waals surface area contributed by atoms with E-state index in [0.29, 0.717) is 0 Å². The van der Waals surface area contributed by atoms with Crippen molar-refractivity contribution < 1.29 is 49.0 Å². The summed E-state index contributed by atoms with van der Waals surface area (Å²) in [5.74, 6) is -4.30. The van der Waals surface area contributed by atoms with Crippen LogP contribution in [-0.2, 0) is 9.47 Å². The van der Waals surface area contributed by atoms with Gasteiger partial charge >= 0.3 is 12.4 Å². The highest BCUT2D eigenvalue weighted by Crippen LogP contribution is 2.33. The molecule has 0 aliphatic heterocycles. The lowest BCUT2D eigenvalue weighted by Crippen LogP contribution is -2.40. The van der Waals surface area contributed by atoms with Gasteiger partial charge in [0.05, 0.1) is 0 Å². The Bertz CT molecular complexity index is 300. The average molecular weight is 336 g/mol. The second-order valence-electron chi connectivity index (χ2n) is 4.11. The molecule has 2 atom stereocenters. The normalized spacial score (nSPS) is 16.9. The van der Waals surface area contributed by atoms with E-state index in [2.05, 4.69) is 9.47 Å². The molecule has 0 saturated heterocycles. The Balaban J connectivity index is 4.58. The SMILES string of the molecule is CCC(OCOC(CC(F)(F)CF)C(F)(F)F)C(F)(F)F. The molecule has 0 aromatic rings. The van der Waals surface area contributed by atoms with E-state index in [-0.39, 0.29) is 0 Å². The number of rotatable bonds is 8. The van der Waals surface area contributed by atoms with Crippen LogP contribution in [0.15, 0.2) is 0 Å². The molecule has 0 radical (unpaired) electrons. The van der Waals surface area contributed by atoms with Crippen LogP contribution in [0.25, 0.3) is 0 Å². The molecule has 0 saturated carbocycles. The lowest BCUT2D eigenvalue weighted by Gasteiger charge is -2.25. The van der Waals surface area contributed by atoms with Crippen LogP contribution in [0.2, 0.25) is 0 Å². The highest BCUT2D eigenvalue weighted by atomic mass is 19.4. The molecule has 21 heavy (non-hydrogen) atoms. The van der Waals surface area contributed by atoms with Gasteiger partial charge in [0, 0.05) is 6.42 Å². The summed E-state index contributed by atoms with van der Waals surface area (Å²) in [5, 5.41) is 0. The van der Waals surface area contributed by atoms with Gasteiger partial charge in [0.1, 0.15) is 6.79 Å². The van der Waals surface area contributed by atoms with Gasteiger partial charge in [0.15, 0.2) is 18.9 Å². The van der Waals surface area contributed by atoms with Crippen molar-refractivity contribution in [2.75, 3.05) is 13.5 Å². The molecular weight excluding hydrogens is 323 g/mol. The summed E-state index contributed by atoms with van der Waals surface area (Å²) in [6.07, 6.45) is -18.3. The summed E-state index contributed by atoms with van der Waals surface area (Å²) in [6, 6.07) is 0. The molecular formula is C10H13F9O2. The van der Waals surface area contributed by atoms with Crippen molar-refractivity contribution in [2.45, 2.75) is 50.2 Å². The Hall–Kier alpha value is -0.710. The zero-order valence-corrected chi connectivity index (χ0v) is 10.7. The average Bonchev–Trinajstić information content (AvgIpc) is 2.30. The van der Waals surface area contributed by atoms with Gasteiger partial charge in [-0.05, 0) is 6.42 Å². The lowest BCUT2D eigenvalue weighted by molar-refractivity contribution is -0.286. The molecule has 0 aliphatic rings. The molecule has 0 amide bonds. The summed E-state index contributed by atoms with van der Waals surface area (Å²) < 4.78 is 119. The third kappa shape index (κ3) is 7.74. The first-order chi connectivity index (χ1) is 9.33. The fourth-order valence-electron chi connectivity index (χ4n) is 1.24. The Morgan fingerprint density at radius 1 is 0.810 bits per heavy atom. The molecule has 0 aliphatic carbocycles. The van der Waals surface area contributed by atoms with Crippen LogP contribution in [0.1, 0.15) is 19.8 Å². The van der Waals surface area contributed by atoms with E-state index in [1.807, 2.05) is 0 Å². The van der Waals surface area contributed by atoms with Crippen LogP contribution in [-0.4, -0.2) is 44.0 Å². The molecule has 0 fully saturated rings. The largest absolute Gasteiger partial charge is 0.414 e. The van der Waals surface area contributed by atoms with Crippen molar-refractivity contribution in [1.29, 1.82) is 0 Å². The fraction of sp³-hybridized carbons (Fsp3) is 1.00. The standard InChI is InChI=1S/C10H13F9O2/c1-2-6(9(14,15)16)20-5-21-7(10(17,18)19)3-8(12,13)4-11/h6-7H,2-5H2,1H3. The third-order valence-corrected chi connectivity index (χ3v) is 2.32. The van der Waals surface area contributed by atoms with Gasteiger partial charge in [0.2, 0.25) is 0 Å². The second kappa shape index (κ2) is 7.52. The van der Waals surface area contributed by atoms with Crippen molar-refractivity contribution in [3.8, 4) is 0 Å². The van der Waals surface area contributed by atoms with E-state index in [9.17, 15) is 39.5 Å². The lowest BCUT2D eigenvalue weighted by atomic mass is 10.1. The van der Waals surface area contributed by atoms with Crippen molar-refractivity contribution in [3.63, 3.8) is 0 Å². The maximum atomic E-state index is 12.6. The first-order valence-electron chi connectivity index (χ1n) is 5.64. The van der Waals surface area contributed by atoms with Crippen LogP contribution in [0.5, 0.6) is 0 Å². The van der Waals surface area contributed by atoms with Crippen molar-refractivity contribution in [3.05, 3.63) is 0 Å². The van der Waals surface area contributed by atoms with E-state index < -0.39 is 56.8 Å². The minimum absolute atomic E-state index is 0.593. The van der Waals surface area contributed by atoms with Crippen LogP contribution in [0, 0.1) is 0 Å². The van der Waals surface area contributed by atoms with Crippen LogP contribution < -0.4 is 0 Å². The van der Waals surface area contributed by atoms with E-state index in [1.165, 1.54) is 0 Å². The molecule has 0 bridgehead atoms. The van der Waals surface area contributed by atoms with Gasteiger partial charge in [-0.15, -0.1) is 0 Å². The molecule has 0 heterocycles. The molecule has 0 spiro atoms. The number of ether oxygens (including phenoxy) is 2. The number of alkyl halides is 9. The third-order valence-electron chi connectivity index (χ3n) is 2.32. The maximum absolute atomic E-state index is 12.6. The molecule has 0 aromatic heterocycles. The zero-order valence-electron chi connectivity index (χ0n) is 10.7. The Morgan fingerprint density at radius 2 is 1.24 bits per heavy atom. The van der Waals surface area contributed by atoms with E-state index in [1.54, 1.807) is 0 Å². The molecule has 2 nitrogen and oxygen atoms in total. The Kier molecular flexibility index (Phi) is 7.27. The van der Waals surface area contributed by atoms with Crippen molar-refractivity contribution >= 4 is 0 Å². The molecule has 11 heteroatoms. The van der Waals surface area contributed by atoms with Crippen molar-refractivity contribution in [1.82, 2.24) is 0 Å². The molecule has 2 unspecified atom stereocenters. The predicted molar refractivity (Wildman–Crippen MR) is 52.6 cm³/mol. The minimum atomic E-state index is -5.29. The van der Waals surface area contributed by atoms with Crippen LogP contribution in [0.4, 0.5) is 39.5 Å². The molecule has 0 N–H and O–H groups in total. The van der Waals surface area contributed by atoms with Crippen LogP contribution in [0.3, 0.4) is 0 Å². The van der Waals surface area contributed by atoms with E-state index >= 15 is 0 Å². The maximum Gasteiger partial charge on any atom is 0.414 e. The first-order valence-corrected chi connectivity index (χ1v) is 5.64. The van der Waals surface area contributed by atoms with Gasteiger partial charge < -0.3 is 9.47 Å². The van der Waals surface area contributed by atoms with E-state index in [0.717, 1.165) is 6.92 Å². The molecule has 0 aromatic carbocycles. The monoisotopic (exact) mass is 336 g/mol. The Morgan fingerprint density at radius 3 is 1.57 bits per heavy atom. The summed E-state index contributed by atoms with van der Waals surface area (Å²) in [4.78, 5) is 0. The molecule has 0 rings (SSSR count).